The molecule has 110 valence electrons. The minimum absolute atomic E-state index is 0.0260. The number of likely N-dealkylation sites (tertiary alicyclic amines) is 1. The number of nitrogens with zero attached hydrogens (tertiary/aromatic N) is 1. The number of carbonyl (C=O) groups excluding carboxylic acids is 2. The summed E-state index contributed by atoms with van der Waals surface area (Å²) in [5.74, 6) is -0.444. The van der Waals surface area contributed by atoms with Gasteiger partial charge in [0.2, 0.25) is 11.6 Å². The first-order chi connectivity index (χ1) is 9.12. The normalized spacial score (nSPS) is 22.6. The van der Waals surface area contributed by atoms with E-state index in [9.17, 15) is 9.59 Å². The van der Waals surface area contributed by atoms with Crippen LogP contribution >= 0.6 is 0 Å². The van der Waals surface area contributed by atoms with Crippen molar-refractivity contribution in [2.24, 2.45) is 0 Å². The van der Waals surface area contributed by atoms with Crippen molar-refractivity contribution in [2.45, 2.75) is 58.6 Å². The van der Waals surface area contributed by atoms with Crippen LogP contribution in [0.4, 0.5) is 0 Å². The van der Waals surface area contributed by atoms with Crippen molar-refractivity contribution in [1.29, 1.82) is 0 Å². The Morgan fingerprint density at radius 3 is 2.53 bits per heavy atom. The third-order valence-corrected chi connectivity index (χ3v) is 3.24. The second-order valence-electron chi connectivity index (χ2n) is 4.75. The molecule has 1 aliphatic heterocycles. The molecule has 0 aliphatic carbocycles. The molecule has 0 N–H and O–H groups in total. The largest absolute Gasteiger partial charge is 0.462 e. The number of hydrogen-bond acceptors (Lipinski definition) is 4. The Bertz CT molecular complexity index is 319. The summed E-state index contributed by atoms with van der Waals surface area (Å²) in [5, 5.41) is 0. The molecule has 0 aromatic heterocycles. The maximum atomic E-state index is 12.3. The zero-order chi connectivity index (χ0) is 14.3. The third-order valence-electron chi connectivity index (χ3n) is 3.24. The molecule has 5 heteroatoms. The van der Waals surface area contributed by atoms with Gasteiger partial charge in [-0.15, -0.1) is 0 Å². The van der Waals surface area contributed by atoms with Crippen LogP contribution in [-0.2, 0) is 19.1 Å². The molecule has 0 aromatic rings. The van der Waals surface area contributed by atoms with Gasteiger partial charge in [-0.2, -0.15) is 0 Å². The number of hydrogen-bond donors (Lipinski definition) is 0. The van der Waals surface area contributed by atoms with E-state index >= 15 is 0 Å². The van der Waals surface area contributed by atoms with Gasteiger partial charge in [-0.3, -0.25) is 4.79 Å². The van der Waals surface area contributed by atoms with E-state index in [2.05, 4.69) is 0 Å². The van der Waals surface area contributed by atoms with Gasteiger partial charge >= 0.3 is 5.97 Å². The molecule has 1 heterocycles. The molecule has 1 amide bonds. The number of amides is 1. The molecule has 0 saturated carbocycles. The SMILES string of the molecule is CCCOC(=O)[C@]1(OCC)CCCN1C(=O)CCC. The molecule has 1 atom stereocenters. The van der Waals surface area contributed by atoms with Crippen molar-refractivity contribution in [2.75, 3.05) is 19.8 Å². The lowest BCUT2D eigenvalue weighted by molar-refractivity contribution is -0.198. The summed E-state index contributed by atoms with van der Waals surface area (Å²) in [6, 6.07) is 0. The van der Waals surface area contributed by atoms with E-state index in [-0.39, 0.29) is 5.91 Å². The highest BCUT2D eigenvalue weighted by molar-refractivity contribution is 5.87. The zero-order valence-corrected chi connectivity index (χ0v) is 12.2. The van der Waals surface area contributed by atoms with Gasteiger partial charge in [-0.25, -0.2) is 4.79 Å². The van der Waals surface area contributed by atoms with Gasteiger partial charge in [0.15, 0.2) is 0 Å². The fraction of sp³-hybridized carbons (Fsp3) is 0.857. The van der Waals surface area contributed by atoms with Gasteiger partial charge < -0.3 is 14.4 Å². The number of carbonyl (C=O) groups is 2. The molecular formula is C14H25NO4. The molecule has 5 nitrogen and oxygen atoms in total. The van der Waals surface area contributed by atoms with Gasteiger partial charge in [0.25, 0.3) is 0 Å². The van der Waals surface area contributed by atoms with Gasteiger partial charge in [-0.05, 0) is 26.2 Å². The van der Waals surface area contributed by atoms with Crippen LogP contribution in [-0.4, -0.2) is 42.3 Å². The molecule has 1 rings (SSSR count). The molecule has 1 fully saturated rings. The second-order valence-corrected chi connectivity index (χ2v) is 4.75. The number of rotatable bonds is 7. The highest BCUT2D eigenvalue weighted by atomic mass is 16.6. The Balaban J connectivity index is 2.88. The monoisotopic (exact) mass is 271 g/mol. The van der Waals surface area contributed by atoms with Crippen LogP contribution in [0.2, 0.25) is 0 Å². The molecule has 1 aliphatic rings. The molecule has 0 spiro atoms. The maximum Gasteiger partial charge on any atom is 0.360 e. The summed E-state index contributed by atoms with van der Waals surface area (Å²) in [7, 11) is 0. The number of ether oxygens (including phenoxy) is 2. The van der Waals surface area contributed by atoms with E-state index in [4.69, 9.17) is 9.47 Å². The summed E-state index contributed by atoms with van der Waals surface area (Å²) in [4.78, 5) is 26.0. The summed E-state index contributed by atoms with van der Waals surface area (Å²) < 4.78 is 10.9. The molecule has 0 bridgehead atoms. The predicted octanol–water partition coefficient (Wildman–Crippen LogP) is 2.09. The van der Waals surface area contributed by atoms with Crippen molar-refractivity contribution in [3.8, 4) is 0 Å². The lowest BCUT2D eigenvalue weighted by atomic mass is 10.1. The van der Waals surface area contributed by atoms with E-state index < -0.39 is 11.7 Å². The topological polar surface area (TPSA) is 55.8 Å². The van der Waals surface area contributed by atoms with Crippen LogP contribution in [0.25, 0.3) is 0 Å². The average molecular weight is 271 g/mol. The molecule has 0 unspecified atom stereocenters. The van der Waals surface area contributed by atoms with Gasteiger partial charge in [0, 0.05) is 26.0 Å². The Morgan fingerprint density at radius 1 is 1.21 bits per heavy atom. The fourth-order valence-corrected chi connectivity index (χ4v) is 2.43. The maximum absolute atomic E-state index is 12.3. The zero-order valence-electron chi connectivity index (χ0n) is 12.2. The summed E-state index contributed by atoms with van der Waals surface area (Å²) in [5.41, 5.74) is -1.18. The second kappa shape index (κ2) is 7.48. The minimum Gasteiger partial charge on any atom is -0.462 e. The fourth-order valence-electron chi connectivity index (χ4n) is 2.43. The van der Waals surface area contributed by atoms with E-state index in [1.54, 1.807) is 4.90 Å². The lowest BCUT2D eigenvalue weighted by Gasteiger charge is -2.35. The van der Waals surface area contributed by atoms with Gasteiger partial charge in [0.1, 0.15) is 0 Å². The Kier molecular flexibility index (Phi) is 6.28. The van der Waals surface area contributed by atoms with E-state index in [0.717, 1.165) is 19.3 Å². The predicted molar refractivity (Wildman–Crippen MR) is 71.5 cm³/mol. The highest BCUT2D eigenvalue weighted by Gasteiger charge is 2.51. The van der Waals surface area contributed by atoms with Gasteiger partial charge in [-0.1, -0.05) is 13.8 Å². The van der Waals surface area contributed by atoms with Gasteiger partial charge in [0.05, 0.1) is 6.61 Å². The van der Waals surface area contributed by atoms with Crippen LogP contribution in [0.1, 0.15) is 52.9 Å². The average Bonchev–Trinajstić information content (AvgIpc) is 2.81. The van der Waals surface area contributed by atoms with Crippen LogP contribution in [0.5, 0.6) is 0 Å². The van der Waals surface area contributed by atoms with Crippen molar-refractivity contribution < 1.29 is 19.1 Å². The standard InChI is InChI=1S/C14H25NO4/c1-4-8-12(16)15-10-7-9-14(15,19-6-3)13(17)18-11-5-2/h4-11H2,1-3H3/t14-/m1/s1. The van der Waals surface area contributed by atoms with Crippen LogP contribution in [0.15, 0.2) is 0 Å². The first-order valence-corrected chi connectivity index (χ1v) is 7.24. The first-order valence-electron chi connectivity index (χ1n) is 7.24. The molecule has 19 heavy (non-hydrogen) atoms. The van der Waals surface area contributed by atoms with E-state index in [0.29, 0.717) is 32.6 Å². The summed E-state index contributed by atoms with van der Waals surface area (Å²) in [6.07, 6.45) is 3.27. The first kappa shape index (κ1) is 16.0. The van der Waals surface area contributed by atoms with Crippen LogP contribution < -0.4 is 0 Å². The quantitative estimate of drug-likeness (QED) is 0.665. The highest BCUT2D eigenvalue weighted by Crippen LogP contribution is 2.33. The Labute approximate surface area is 115 Å². The summed E-state index contributed by atoms with van der Waals surface area (Å²) in [6.45, 7) is 7.04. The lowest BCUT2D eigenvalue weighted by Crippen LogP contribution is -2.55. The molecular weight excluding hydrogens is 246 g/mol. The number of esters is 1. The minimum atomic E-state index is -1.18. The molecule has 1 saturated heterocycles. The van der Waals surface area contributed by atoms with E-state index in [1.165, 1.54) is 0 Å². The summed E-state index contributed by atoms with van der Waals surface area (Å²) >= 11 is 0. The third kappa shape index (κ3) is 3.47. The Morgan fingerprint density at radius 2 is 1.95 bits per heavy atom. The van der Waals surface area contributed by atoms with Crippen molar-refractivity contribution >= 4 is 11.9 Å². The van der Waals surface area contributed by atoms with E-state index in [1.807, 2.05) is 20.8 Å². The molecule has 0 radical (unpaired) electrons. The van der Waals surface area contributed by atoms with Crippen molar-refractivity contribution in [3.63, 3.8) is 0 Å². The smallest absolute Gasteiger partial charge is 0.360 e. The van der Waals surface area contributed by atoms with Crippen LogP contribution in [0, 0.1) is 0 Å². The van der Waals surface area contributed by atoms with Crippen LogP contribution in [0.3, 0.4) is 0 Å². The van der Waals surface area contributed by atoms with Crippen molar-refractivity contribution in [3.05, 3.63) is 0 Å². The van der Waals surface area contributed by atoms with Crippen molar-refractivity contribution in [1.82, 2.24) is 4.90 Å². The molecule has 0 aromatic carbocycles. The Hall–Kier alpha value is -1.10.